The number of aryl methyl sites for hydroxylation is 1. The highest BCUT2D eigenvalue weighted by Crippen LogP contribution is 2.45. The number of aliphatic hydroxyl groups is 1. The van der Waals surface area contributed by atoms with E-state index in [1.54, 1.807) is 37.3 Å². The third-order valence-corrected chi connectivity index (χ3v) is 6.33. The Balaban J connectivity index is 1.98. The van der Waals surface area contributed by atoms with Crippen LogP contribution in [0.4, 0.5) is 4.39 Å². The molecule has 4 rings (SSSR count). The predicted octanol–water partition coefficient (Wildman–Crippen LogP) is 5.16. The maximum absolute atomic E-state index is 14.9. The molecule has 5 nitrogen and oxygen atoms in total. The van der Waals surface area contributed by atoms with Crippen LogP contribution in [0.25, 0.3) is 5.76 Å². The molecule has 1 saturated heterocycles. The fraction of sp³-hybridized carbons (Fsp3) is 0.333. The number of Topliss-reactive ketones (excluding diaryl/α,β-unsaturated/α-hetero) is 1. The first-order chi connectivity index (χ1) is 14.8. The van der Waals surface area contributed by atoms with Crippen molar-refractivity contribution in [3.05, 3.63) is 69.5 Å². The first-order valence-electron chi connectivity index (χ1n) is 10.2. The zero-order valence-electron chi connectivity index (χ0n) is 17.3. The van der Waals surface area contributed by atoms with Crippen LogP contribution in [0.15, 0.2) is 42.0 Å². The Morgan fingerprint density at radius 3 is 2.52 bits per heavy atom. The molecule has 1 aliphatic heterocycles. The van der Waals surface area contributed by atoms with Gasteiger partial charge in [0.05, 0.1) is 29.3 Å². The van der Waals surface area contributed by atoms with E-state index in [-0.39, 0.29) is 33.5 Å². The van der Waals surface area contributed by atoms with E-state index < -0.39 is 29.3 Å². The lowest BCUT2D eigenvalue weighted by Gasteiger charge is -2.31. The van der Waals surface area contributed by atoms with Crippen LogP contribution >= 0.6 is 11.6 Å². The zero-order valence-corrected chi connectivity index (χ0v) is 18.1. The molecular weight excluding hydrogens is 421 g/mol. The average molecular weight is 444 g/mol. The number of ether oxygens (including phenoxy) is 1. The number of benzene rings is 2. The van der Waals surface area contributed by atoms with Gasteiger partial charge in [0.15, 0.2) is 0 Å². The van der Waals surface area contributed by atoms with Crippen molar-refractivity contribution >= 4 is 29.1 Å². The van der Waals surface area contributed by atoms with E-state index in [4.69, 9.17) is 16.3 Å². The van der Waals surface area contributed by atoms with Gasteiger partial charge in [0.1, 0.15) is 17.3 Å². The summed E-state index contributed by atoms with van der Waals surface area (Å²) < 4.78 is 20.2. The van der Waals surface area contributed by atoms with Crippen molar-refractivity contribution < 1.29 is 23.8 Å². The second kappa shape index (κ2) is 8.35. The van der Waals surface area contributed by atoms with Crippen LogP contribution in [0, 0.1) is 12.7 Å². The number of aliphatic hydroxyl groups excluding tert-OH is 1. The monoisotopic (exact) mass is 443 g/mol. The summed E-state index contributed by atoms with van der Waals surface area (Å²) >= 11 is 6.28. The van der Waals surface area contributed by atoms with Crippen LogP contribution in [0.1, 0.15) is 48.4 Å². The van der Waals surface area contributed by atoms with Gasteiger partial charge < -0.3 is 14.7 Å². The minimum absolute atomic E-state index is 0.151. The van der Waals surface area contributed by atoms with Crippen molar-refractivity contribution in [2.45, 2.75) is 44.7 Å². The number of methoxy groups -OCH3 is 1. The van der Waals surface area contributed by atoms with E-state index in [0.29, 0.717) is 0 Å². The van der Waals surface area contributed by atoms with Crippen LogP contribution in [-0.4, -0.2) is 34.8 Å². The molecule has 162 valence electrons. The summed E-state index contributed by atoms with van der Waals surface area (Å²) in [6, 6.07) is 8.11. The molecule has 0 radical (unpaired) electrons. The number of carbonyl (C=O) groups excluding carboxylic acids is 2. The molecule has 31 heavy (non-hydrogen) atoms. The van der Waals surface area contributed by atoms with Gasteiger partial charge in [-0.25, -0.2) is 4.39 Å². The fourth-order valence-corrected chi connectivity index (χ4v) is 5.02. The molecule has 1 N–H and O–H groups in total. The molecule has 0 bridgehead atoms. The van der Waals surface area contributed by atoms with E-state index in [0.717, 1.165) is 31.2 Å². The van der Waals surface area contributed by atoms with Crippen LogP contribution in [0.3, 0.4) is 0 Å². The van der Waals surface area contributed by atoms with Crippen LogP contribution in [0.2, 0.25) is 5.02 Å². The summed E-state index contributed by atoms with van der Waals surface area (Å²) in [6.45, 7) is 1.79. The molecule has 2 aromatic rings. The highest BCUT2D eigenvalue weighted by molar-refractivity contribution is 6.46. The number of amides is 1. The number of hydrogen-bond donors (Lipinski definition) is 1. The lowest BCUT2D eigenvalue weighted by Crippen LogP contribution is -2.38. The molecule has 1 aliphatic carbocycles. The summed E-state index contributed by atoms with van der Waals surface area (Å²) in [5.74, 6) is -2.34. The molecule has 1 atom stereocenters. The van der Waals surface area contributed by atoms with Crippen molar-refractivity contribution in [1.82, 2.24) is 4.90 Å². The topological polar surface area (TPSA) is 66.8 Å². The fourth-order valence-electron chi connectivity index (χ4n) is 4.67. The number of halogens is 2. The van der Waals surface area contributed by atoms with Gasteiger partial charge in [-0.1, -0.05) is 42.6 Å². The molecular formula is C24H23ClFNO4. The standard InChI is InChI=1S/C24H23ClFNO4/c1-13-11-16(23(31-2)17(25)12-13)21(28)19-20(15-9-5-6-10-18(15)26)27(24(30)22(19)29)14-7-3-4-8-14/h5-6,9-12,14,20,28H,3-4,7-8H2,1-2H3/b21-19+. The maximum atomic E-state index is 14.9. The SMILES string of the molecule is COc1c(Cl)cc(C)cc1/C(O)=C1\C(=O)C(=O)N(C2CCCC2)C1c1ccccc1F. The van der Waals surface area contributed by atoms with Gasteiger partial charge >= 0.3 is 0 Å². The van der Waals surface area contributed by atoms with Gasteiger partial charge in [-0.3, -0.25) is 9.59 Å². The molecule has 0 aromatic heterocycles. The number of hydrogen-bond acceptors (Lipinski definition) is 4. The Morgan fingerprint density at radius 2 is 1.87 bits per heavy atom. The minimum atomic E-state index is -1.02. The Morgan fingerprint density at radius 1 is 1.19 bits per heavy atom. The van der Waals surface area contributed by atoms with Crippen LogP contribution in [0.5, 0.6) is 5.75 Å². The molecule has 2 aromatic carbocycles. The van der Waals surface area contributed by atoms with Gasteiger partial charge in [0.25, 0.3) is 11.7 Å². The van der Waals surface area contributed by atoms with Crippen molar-refractivity contribution in [2.75, 3.05) is 7.11 Å². The quantitative estimate of drug-likeness (QED) is 0.402. The zero-order chi connectivity index (χ0) is 22.3. The Kier molecular flexibility index (Phi) is 5.75. The van der Waals surface area contributed by atoms with Crippen molar-refractivity contribution in [3.63, 3.8) is 0 Å². The van der Waals surface area contributed by atoms with E-state index in [9.17, 15) is 19.1 Å². The molecule has 1 unspecified atom stereocenters. The van der Waals surface area contributed by atoms with Crippen molar-refractivity contribution in [3.8, 4) is 5.75 Å². The summed E-state index contributed by atoms with van der Waals surface area (Å²) in [5.41, 5.74) is 0.952. The summed E-state index contributed by atoms with van der Waals surface area (Å²) in [6.07, 6.45) is 3.33. The summed E-state index contributed by atoms with van der Waals surface area (Å²) in [7, 11) is 1.40. The number of ketones is 1. The van der Waals surface area contributed by atoms with Gasteiger partial charge in [0.2, 0.25) is 0 Å². The van der Waals surface area contributed by atoms with Crippen molar-refractivity contribution in [2.24, 2.45) is 0 Å². The van der Waals surface area contributed by atoms with Gasteiger partial charge in [-0.05, 0) is 43.5 Å². The molecule has 1 amide bonds. The summed E-state index contributed by atoms with van der Waals surface area (Å²) in [4.78, 5) is 27.7. The molecule has 7 heteroatoms. The Hall–Kier alpha value is -2.86. The minimum Gasteiger partial charge on any atom is -0.507 e. The van der Waals surface area contributed by atoms with E-state index >= 15 is 0 Å². The normalized spacial score (nSPS) is 21.2. The van der Waals surface area contributed by atoms with Crippen molar-refractivity contribution in [1.29, 1.82) is 0 Å². The second-order valence-electron chi connectivity index (χ2n) is 7.99. The first kappa shape index (κ1) is 21.4. The number of nitrogens with zero attached hydrogens (tertiary/aromatic N) is 1. The molecule has 2 aliphatic rings. The van der Waals surface area contributed by atoms with E-state index in [1.165, 1.54) is 18.1 Å². The highest BCUT2D eigenvalue weighted by Gasteiger charge is 2.50. The van der Waals surface area contributed by atoms with Crippen LogP contribution in [-0.2, 0) is 9.59 Å². The first-order valence-corrected chi connectivity index (χ1v) is 10.6. The number of carbonyl (C=O) groups is 2. The maximum Gasteiger partial charge on any atom is 0.295 e. The van der Waals surface area contributed by atoms with E-state index in [1.807, 2.05) is 0 Å². The van der Waals surface area contributed by atoms with Gasteiger partial charge in [-0.2, -0.15) is 0 Å². The van der Waals surface area contributed by atoms with E-state index in [2.05, 4.69) is 0 Å². The van der Waals surface area contributed by atoms with Gasteiger partial charge in [0, 0.05) is 11.6 Å². The molecule has 2 fully saturated rings. The predicted molar refractivity (Wildman–Crippen MR) is 116 cm³/mol. The lowest BCUT2D eigenvalue weighted by atomic mass is 9.93. The molecule has 1 heterocycles. The van der Waals surface area contributed by atoms with Crippen LogP contribution < -0.4 is 4.74 Å². The third kappa shape index (κ3) is 3.59. The largest absolute Gasteiger partial charge is 0.507 e. The van der Waals surface area contributed by atoms with Gasteiger partial charge in [-0.15, -0.1) is 0 Å². The number of likely N-dealkylation sites (tertiary alicyclic amines) is 1. The second-order valence-corrected chi connectivity index (χ2v) is 8.40. The Labute approximate surface area is 185 Å². The highest BCUT2D eigenvalue weighted by atomic mass is 35.5. The smallest absolute Gasteiger partial charge is 0.295 e. The molecule has 0 spiro atoms. The third-order valence-electron chi connectivity index (χ3n) is 6.05. The molecule has 1 saturated carbocycles. The summed E-state index contributed by atoms with van der Waals surface area (Å²) in [5, 5.41) is 11.5. The average Bonchev–Trinajstić information content (AvgIpc) is 3.34. The Bertz CT molecular complexity index is 1090. The lowest BCUT2D eigenvalue weighted by molar-refractivity contribution is -0.141. The number of rotatable bonds is 4.